The first-order valence-electron chi connectivity index (χ1n) is 12.2. The smallest absolute Gasteiger partial charge is 0.408 e. The van der Waals surface area contributed by atoms with Crippen LogP contribution in [0.3, 0.4) is 0 Å². The van der Waals surface area contributed by atoms with E-state index in [-0.39, 0.29) is 17.0 Å². The van der Waals surface area contributed by atoms with Crippen LogP contribution in [0.1, 0.15) is 53.1 Å². The number of para-hydroxylation sites is 1. The maximum Gasteiger partial charge on any atom is 0.408 e. The Balaban J connectivity index is 1.98. The number of rotatable bonds is 7. The highest BCUT2D eigenvalue weighted by molar-refractivity contribution is 7.10. The molecule has 9 nitrogen and oxygen atoms in total. The van der Waals surface area contributed by atoms with E-state index in [1.807, 2.05) is 30.3 Å². The minimum Gasteiger partial charge on any atom is -0.468 e. The normalized spacial score (nSPS) is 17.3. The molecule has 0 saturated carbocycles. The summed E-state index contributed by atoms with van der Waals surface area (Å²) >= 11 is 1.09. The van der Waals surface area contributed by atoms with Gasteiger partial charge in [-0.25, -0.2) is 9.59 Å². The highest BCUT2D eigenvalue weighted by Gasteiger charge is 2.61. The summed E-state index contributed by atoms with van der Waals surface area (Å²) in [4.78, 5) is 56.0. The van der Waals surface area contributed by atoms with Crippen LogP contribution in [0.25, 0.3) is 0 Å². The molecule has 0 radical (unpaired) electrons. The highest BCUT2D eigenvalue weighted by atomic mass is 32.1. The monoisotopic (exact) mass is 550 g/mol. The van der Waals surface area contributed by atoms with E-state index in [0.29, 0.717) is 11.3 Å². The second-order valence-electron chi connectivity index (χ2n) is 9.98. The average molecular weight is 551 g/mol. The number of fused-ring (bicyclic) bond motifs is 1. The lowest BCUT2D eigenvalue weighted by Crippen LogP contribution is -2.59. The van der Waals surface area contributed by atoms with E-state index in [9.17, 15) is 19.2 Å². The van der Waals surface area contributed by atoms with E-state index < -0.39 is 41.0 Å². The maximum absolute atomic E-state index is 14.6. The third-order valence-corrected chi connectivity index (χ3v) is 7.30. The molecule has 0 bridgehead atoms. The lowest BCUT2D eigenvalue weighted by molar-refractivity contribution is -0.147. The number of alkyl carbamates (subject to hydrolysis) is 1. The van der Waals surface area contributed by atoms with Crippen LogP contribution in [0.5, 0.6) is 0 Å². The van der Waals surface area contributed by atoms with Crippen LogP contribution in [0.15, 0.2) is 66.0 Å². The lowest BCUT2D eigenvalue weighted by atomic mass is 9.76. The second-order valence-corrected chi connectivity index (χ2v) is 10.9. The number of nitrogens with one attached hydrogen (secondary N) is 1. The number of nitrogens with zero attached hydrogens (tertiary/aromatic N) is 1. The molecule has 204 valence electrons. The zero-order valence-electron chi connectivity index (χ0n) is 22.3. The number of benzene rings is 2. The van der Waals surface area contributed by atoms with Gasteiger partial charge in [0.25, 0.3) is 5.91 Å². The van der Waals surface area contributed by atoms with Gasteiger partial charge in [0.2, 0.25) is 0 Å². The van der Waals surface area contributed by atoms with Crippen molar-refractivity contribution >= 4 is 41.0 Å². The van der Waals surface area contributed by atoms with Crippen LogP contribution in [0.2, 0.25) is 0 Å². The molecule has 39 heavy (non-hydrogen) atoms. The van der Waals surface area contributed by atoms with E-state index >= 15 is 0 Å². The number of esters is 2. The Hall–Kier alpha value is -4.18. The zero-order chi connectivity index (χ0) is 28.4. The molecule has 0 spiro atoms. The molecular formula is C29H30N2O7S. The van der Waals surface area contributed by atoms with Crippen molar-refractivity contribution in [2.24, 2.45) is 0 Å². The Morgan fingerprint density at radius 2 is 1.64 bits per heavy atom. The van der Waals surface area contributed by atoms with Crippen molar-refractivity contribution in [1.29, 1.82) is 0 Å². The van der Waals surface area contributed by atoms with Crippen LogP contribution < -0.4 is 10.2 Å². The molecule has 2 amide bonds. The number of hydrogen-bond donors (Lipinski definition) is 1. The van der Waals surface area contributed by atoms with Crippen LogP contribution in [0, 0.1) is 0 Å². The fraction of sp³-hybridized carbons (Fsp3) is 0.310. The second kappa shape index (κ2) is 10.9. The summed E-state index contributed by atoms with van der Waals surface area (Å²) in [6.45, 7) is 5.25. The number of ether oxygens (including phenoxy) is 3. The summed E-state index contributed by atoms with van der Waals surface area (Å²) in [6.07, 6.45) is -0.905. The third kappa shape index (κ3) is 5.24. The average Bonchev–Trinajstić information content (AvgIpc) is 3.46. The van der Waals surface area contributed by atoms with E-state index in [4.69, 9.17) is 14.2 Å². The predicted molar refractivity (Wildman–Crippen MR) is 146 cm³/mol. The van der Waals surface area contributed by atoms with Gasteiger partial charge in [-0.05, 0) is 43.8 Å². The van der Waals surface area contributed by atoms with E-state index in [0.717, 1.165) is 16.9 Å². The molecule has 2 aromatic carbocycles. The SMILES string of the molecule is COC(=O)c1ccsc1[C@@H](C(=O)OC)[C@]1(NC(=O)OC(C)(C)C)C(=O)N(Cc2ccccc2)c2ccccc21. The van der Waals surface area contributed by atoms with Crippen molar-refractivity contribution in [3.8, 4) is 0 Å². The van der Waals surface area contributed by atoms with Gasteiger partial charge in [0, 0.05) is 10.4 Å². The minimum absolute atomic E-state index is 0.0926. The Bertz CT molecular complexity index is 1400. The van der Waals surface area contributed by atoms with Crippen molar-refractivity contribution in [2.75, 3.05) is 19.1 Å². The number of carbonyl (C=O) groups excluding carboxylic acids is 4. The van der Waals surface area contributed by atoms with Gasteiger partial charge in [0.1, 0.15) is 11.5 Å². The molecule has 1 aromatic heterocycles. The van der Waals surface area contributed by atoms with Crippen LogP contribution in [0.4, 0.5) is 10.5 Å². The molecule has 4 rings (SSSR count). The molecule has 1 aliphatic rings. The quantitative estimate of drug-likeness (QED) is 0.334. The predicted octanol–water partition coefficient (Wildman–Crippen LogP) is 4.76. The summed E-state index contributed by atoms with van der Waals surface area (Å²) in [7, 11) is 2.41. The molecule has 0 fully saturated rings. The molecule has 1 aliphatic heterocycles. The van der Waals surface area contributed by atoms with Gasteiger partial charge in [0.05, 0.1) is 32.0 Å². The van der Waals surface area contributed by atoms with Gasteiger partial charge >= 0.3 is 18.0 Å². The summed E-state index contributed by atoms with van der Waals surface area (Å²) < 4.78 is 15.7. The Morgan fingerprint density at radius 1 is 0.974 bits per heavy atom. The number of thiophene rings is 1. The Morgan fingerprint density at radius 3 is 2.28 bits per heavy atom. The van der Waals surface area contributed by atoms with Crippen molar-refractivity contribution in [3.63, 3.8) is 0 Å². The fourth-order valence-corrected chi connectivity index (χ4v) is 5.80. The van der Waals surface area contributed by atoms with Crippen molar-refractivity contribution in [1.82, 2.24) is 5.32 Å². The summed E-state index contributed by atoms with van der Waals surface area (Å²) in [5.74, 6) is -3.51. The summed E-state index contributed by atoms with van der Waals surface area (Å²) in [5, 5.41) is 4.38. The van der Waals surface area contributed by atoms with E-state index in [1.54, 1.807) is 50.4 Å². The molecule has 2 atom stereocenters. The van der Waals surface area contributed by atoms with Crippen LogP contribution in [-0.4, -0.2) is 43.8 Å². The fourth-order valence-electron chi connectivity index (χ4n) is 4.76. The number of anilines is 1. The molecule has 0 unspecified atom stereocenters. The molecule has 10 heteroatoms. The van der Waals surface area contributed by atoms with Crippen molar-refractivity contribution in [2.45, 2.75) is 44.4 Å². The van der Waals surface area contributed by atoms with E-state index in [1.165, 1.54) is 25.2 Å². The highest BCUT2D eigenvalue weighted by Crippen LogP contribution is 2.51. The maximum atomic E-state index is 14.6. The topological polar surface area (TPSA) is 111 Å². The first-order chi connectivity index (χ1) is 18.5. The number of methoxy groups -OCH3 is 2. The van der Waals surface area contributed by atoms with Crippen molar-refractivity contribution < 1.29 is 33.4 Å². The zero-order valence-corrected chi connectivity index (χ0v) is 23.2. The first-order valence-corrected chi connectivity index (χ1v) is 13.1. The van der Waals surface area contributed by atoms with Gasteiger partial charge in [0.15, 0.2) is 5.54 Å². The van der Waals surface area contributed by atoms with Crippen molar-refractivity contribution in [3.05, 3.63) is 87.6 Å². The third-order valence-electron chi connectivity index (χ3n) is 6.32. The lowest BCUT2D eigenvalue weighted by Gasteiger charge is -2.36. The molecular weight excluding hydrogens is 520 g/mol. The van der Waals surface area contributed by atoms with Crippen LogP contribution >= 0.6 is 11.3 Å². The van der Waals surface area contributed by atoms with E-state index in [2.05, 4.69) is 5.32 Å². The van der Waals surface area contributed by atoms with Gasteiger partial charge in [-0.2, -0.15) is 0 Å². The standard InChI is InChI=1S/C29H30N2O7S/c1-28(2,3)38-27(35)30-29(22(25(33)37-5)23-19(15-16-39-23)24(32)36-4)20-13-9-10-14-21(20)31(26(29)34)17-18-11-7-6-8-12-18/h6-16,22H,17H2,1-5H3,(H,30,35)/t22-,29-/m0/s1. The summed E-state index contributed by atoms with van der Waals surface area (Å²) in [5.41, 5.74) is -1.07. The minimum atomic E-state index is -1.99. The Kier molecular flexibility index (Phi) is 7.78. The number of hydrogen-bond acceptors (Lipinski definition) is 8. The molecule has 0 saturated heterocycles. The molecule has 0 aliphatic carbocycles. The van der Waals surface area contributed by atoms with Gasteiger partial charge in [-0.15, -0.1) is 11.3 Å². The molecule has 2 heterocycles. The molecule has 1 N–H and O–H groups in total. The number of carbonyl (C=O) groups is 4. The van der Waals surface area contributed by atoms with Crippen LogP contribution in [-0.2, 0) is 35.9 Å². The summed E-state index contributed by atoms with van der Waals surface area (Å²) in [6, 6.07) is 17.8. The Labute approximate surface area is 230 Å². The van der Waals surface area contributed by atoms with Gasteiger partial charge in [-0.1, -0.05) is 48.5 Å². The van der Waals surface area contributed by atoms with Gasteiger partial charge in [-0.3, -0.25) is 9.59 Å². The first kappa shape index (κ1) is 27.8. The molecule has 3 aromatic rings. The largest absolute Gasteiger partial charge is 0.468 e. The number of amides is 2. The van der Waals surface area contributed by atoms with Gasteiger partial charge < -0.3 is 24.4 Å².